The molecule has 0 spiro atoms. The van der Waals surface area contributed by atoms with E-state index in [1.807, 2.05) is 48.5 Å². The van der Waals surface area contributed by atoms with Crippen molar-refractivity contribution in [1.82, 2.24) is 14.5 Å². The zero-order valence-electron chi connectivity index (χ0n) is 20.7. The molecule has 2 aliphatic carbocycles. The van der Waals surface area contributed by atoms with Crippen LogP contribution in [0.1, 0.15) is 32.1 Å². The van der Waals surface area contributed by atoms with Crippen LogP contribution in [0.3, 0.4) is 0 Å². The molecular formula is C30H28ClN5O. The summed E-state index contributed by atoms with van der Waals surface area (Å²) in [7, 11) is 1.63. The SMILES string of the molecule is COc1ncccc1Nc1cc2nc3ccccc3n(-c3cccc(Cl)c3)c-2cc1=NC1CCCCC1. The molecule has 1 N–H and O–H groups in total. The molecule has 0 saturated heterocycles. The molecule has 6 nitrogen and oxygen atoms in total. The highest BCUT2D eigenvalue weighted by atomic mass is 35.5. The Morgan fingerprint density at radius 2 is 1.81 bits per heavy atom. The fraction of sp³-hybridized carbons (Fsp3) is 0.233. The Hall–Kier alpha value is -3.90. The van der Waals surface area contributed by atoms with Crippen molar-refractivity contribution in [2.45, 2.75) is 38.1 Å². The Morgan fingerprint density at radius 1 is 0.946 bits per heavy atom. The number of pyridine rings is 1. The van der Waals surface area contributed by atoms with Gasteiger partial charge in [0.05, 0.1) is 46.6 Å². The van der Waals surface area contributed by atoms with Crippen LogP contribution >= 0.6 is 11.6 Å². The maximum absolute atomic E-state index is 6.43. The van der Waals surface area contributed by atoms with Gasteiger partial charge in [0.2, 0.25) is 5.88 Å². The van der Waals surface area contributed by atoms with Crippen LogP contribution in [-0.4, -0.2) is 27.7 Å². The lowest BCUT2D eigenvalue weighted by molar-refractivity contribution is 0.400. The standard InChI is InChI=1S/C30H28ClN5O/c1-37-30-24(14-8-16-32-30)35-25-18-27-29(19-26(25)33-21-10-3-2-4-11-21)36(22-12-7-9-20(31)17-22)28-15-6-5-13-23(28)34-27/h5-9,12-19,21,35H,2-4,10-11H2,1H3. The number of benzene rings is 3. The number of fused-ring (bicyclic) bond motifs is 2. The molecular weight excluding hydrogens is 482 g/mol. The van der Waals surface area contributed by atoms with Gasteiger partial charge in [-0.05, 0) is 67.4 Å². The number of aromatic nitrogens is 3. The van der Waals surface area contributed by atoms with Gasteiger partial charge in [0.15, 0.2) is 0 Å². The summed E-state index contributed by atoms with van der Waals surface area (Å²) < 4.78 is 7.72. The summed E-state index contributed by atoms with van der Waals surface area (Å²) in [5, 5.41) is 5.13. The molecule has 0 bridgehead atoms. The average molecular weight is 510 g/mol. The average Bonchev–Trinajstić information content (AvgIpc) is 2.93. The number of para-hydroxylation sites is 2. The number of halogens is 1. The summed E-state index contributed by atoms with van der Waals surface area (Å²) >= 11 is 6.43. The van der Waals surface area contributed by atoms with Crippen molar-refractivity contribution in [1.29, 1.82) is 0 Å². The molecule has 7 heteroatoms. The van der Waals surface area contributed by atoms with E-state index in [2.05, 4.69) is 39.1 Å². The Morgan fingerprint density at radius 3 is 2.65 bits per heavy atom. The molecule has 37 heavy (non-hydrogen) atoms. The van der Waals surface area contributed by atoms with Gasteiger partial charge in [-0.2, -0.15) is 0 Å². The Kier molecular flexibility index (Phi) is 6.49. The van der Waals surface area contributed by atoms with Gasteiger partial charge in [-0.1, -0.05) is 49.1 Å². The second-order valence-corrected chi connectivity index (χ2v) is 9.82. The van der Waals surface area contributed by atoms with Crippen molar-refractivity contribution in [2.75, 3.05) is 12.4 Å². The van der Waals surface area contributed by atoms with Crippen molar-refractivity contribution in [2.24, 2.45) is 4.99 Å². The largest absolute Gasteiger partial charge is 0.480 e. The number of anilines is 2. The monoisotopic (exact) mass is 509 g/mol. The van der Waals surface area contributed by atoms with Crippen molar-refractivity contribution < 1.29 is 4.74 Å². The highest BCUT2D eigenvalue weighted by molar-refractivity contribution is 6.30. The van der Waals surface area contributed by atoms with Crippen molar-refractivity contribution in [3.8, 4) is 23.0 Å². The summed E-state index contributed by atoms with van der Waals surface area (Å²) in [5.41, 5.74) is 6.38. The molecule has 186 valence electrons. The van der Waals surface area contributed by atoms with Crippen molar-refractivity contribution >= 4 is 34.0 Å². The van der Waals surface area contributed by atoms with Crippen LogP contribution in [0.25, 0.3) is 28.1 Å². The molecule has 0 amide bonds. The smallest absolute Gasteiger partial charge is 0.237 e. The molecule has 0 atom stereocenters. The first-order valence-corrected chi connectivity index (χ1v) is 13.1. The third-order valence-electron chi connectivity index (χ3n) is 6.89. The Bertz CT molecular complexity index is 1610. The van der Waals surface area contributed by atoms with Crippen LogP contribution in [0.2, 0.25) is 5.02 Å². The normalized spacial score (nSPS) is 14.8. The Balaban J connectivity index is 1.63. The lowest BCUT2D eigenvalue weighted by Crippen LogP contribution is -2.19. The zero-order valence-corrected chi connectivity index (χ0v) is 21.4. The fourth-order valence-corrected chi connectivity index (χ4v) is 5.33. The fourth-order valence-electron chi connectivity index (χ4n) is 5.14. The highest BCUT2D eigenvalue weighted by Gasteiger charge is 2.19. The summed E-state index contributed by atoms with van der Waals surface area (Å²) in [5.74, 6) is 0.534. The Labute approximate surface area is 221 Å². The second kappa shape index (κ2) is 10.2. The van der Waals surface area contributed by atoms with Crippen LogP contribution in [-0.2, 0) is 0 Å². The van der Waals surface area contributed by atoms with Gasteiger partial charge < -0.3 is 14.6 Å². The van der Waals surface area contributed by atoms with Gasteiger partial charge in [-0.15, -0.1) is 0 Å². The molecule has 2 aromatic carbocycles. The van der Waals surface area contributed by atoms with E-state index in [4.69, 9.17) is 26.3 Å². The third kappa shape index (κ3) is 4.77. The third-order valence-corrected chi connectivity index (χ3v) is 7.13. The molecule has 3 aliphatic rings. The van der Waals surface area contributed by atoms with E-state index >= 15 is 0 Å². The number of nitrogens with zero attached hydrogens (tertiary/aromatic N) is 4. The van der Waals surface area contributed by atoms with E-state index in [0.29, 0.717) is 16.9 Å². The first-order valence-electron chi connectivity index (χ1n) is 12.7. The first-order chi connectivity index (χ1) is 18.2. The minimum atomic E-state index is 0.301. The number of ether oxygens (including phenoxy) is 1. The van der Waals surface area contributed by atoms with Gasteiger partial charge in [0.1, 0.15) is 5.69 Å². The molecule has 1 aromatic heterocycles. The van der Waals surface area contributed by atoms with E-state index < -0.39 is 0 Å². The number of methoxy groups -OCH3 is 1. The summed E-state index contributed by atoms with van der Waals surface area (Å²) in [6.07, 6.45) is 7.66. The lowest BCUT2D eigenvalue weighted by Gasteiger charge is -2.22. The van der Waals surface area contributed by atoms with E-state index in [9.17, 15) is 0 Å². The molecule has 2 heterocycles. The molecule has 0 radical (unpaired) electrons. The summed E-state index contributed by atoms with van der Waals surface area (Å²) in [4.78, 5) is 14.7. The van der Waals surface area contributed by atoms with Crippen LogP contribution < -0.4 is 15.4 Å². The first kappa shape index (κ1) is 23.5. The van der Waals surface area contributed by atoms with Crippen LogP contribution in [0.5, 0.6) is 5.88 Å². The van der Waals surface area contributed by atoms with E-state index in [-0.39, 0.29) is 0 Å². The summed E-state index contributed by atoms with van der Waals surface area (Å²) in [6.45, 7) is 0. The maximum atomic E-state index is 6.43. The summed E-state index contributed by atoms with van der Waals surface area (Å²) in [6, 6.07) is 24.5. The molecule has 1 saturated carbocycles. The molecule has 3 aromatic rings. The van der Waals surface area contributed by atoms with E-state index in [1.165, 1.54) is 19.3 Å². The van der Waals surface area contributed by atoms with Crippen molar-refractivity contribution in [3.63, 3.8) is 0 Å². The van der Waals surface area contributed by atoms with Crippen LogP contribution in [0, 0.1) is 0 Å². The number of hydrogen-bond donors (Lipinski definition) is 1. The minimum absolute atomic E-state index is 0.301. The van der Waals surface area contributed by atoms with Crippen LogP contribution in [0.4, 0.5) is 11.4 Å². The van der Waals surface area contributed by atoms with Crippen molar-refractivity contribution in [3.05, 3.63) is 89.4 Å². The van der Waals surface area contributed by atoms with E-state index in [0.717, 1.165) is 57.7 Å². The molecule has 1 aliphatic heterocycles. The molecule has 1 fully saturated rings. The van der Waals surface area contributed by atoms with Gasteiger partial charge >= 0.3 is 0 Å². The van der Waals surface area contributed by atoms with Gasteiger partial charge in [-0.3, -0.25) is 4.99 Å². The predicted octanol–water partition coefficient (Wildman–Crippen LogP) is 7.16. The van der Waals surface area contributed by atoms with Gasteiger partial charge in [0, 0.05) is 16.9 Å². The van der Waals surface area contributed by atoms with E-state index in [1.54, 1.807) is 13.3 Å². The number of nitrogens with one attached hydrogen (secondary N) is 1. The minimum Gasteiger partial charge on any atom is -0.480 e. The van der Waals surface area contributed by atoms with Gasteiger partial charge in [0.25, 0.3) is 0 Å². The number of rotatable bonds is 5. The van der Waals surface area contributed by atoms with Crippen LogP contribution in [0.15, 0.2) is 84.0 Å². The highest BCUT2D eigenvalue weighted by Crippen LogP contribution is 2.32. The predicted molar refractivity (Wildman–Crippen MR) is 149 cm³/mol. The molecule has 6 rings (SSSR count). The lowest BCUT2D eigenvalue weighted by atomic mass is 9.96. The second-order valence-electron chi connectivity index (χ2n) is 9.38. The maximum Gasteiger partial charge on any atom is 0.237 e. The number of hydrogen-bond acceptors (Lipinski definition) is 5. The zero-order chi connectivity index (χ0) is 25.2. The molecule has 0 unspecified atom stereocenters. The quantitative estimate of drug-likeness (QED) is 0.255. The van der Waals surface area contributed by atoms with Gasteiger partial charge in [-0.25, -0.2) is 9.97 Å². The topological polar surface area (TPSA) is 64.3 Å².